The van der Waals surface area contributed by atoms with Gasteiger partial charge in [-0.25, -0.2) is 18.0 Å². The van der Waals surface area contributed by atoms with Crippen molar-refractivity contribution in [3.8, 4) is 17.2 Å². The fourth-order valence-corrected chi connectivity index (χ4v) is 3.08. The van der Waals surface area contributed by atoms with Crippen LogP contribution in [0.15, 0.2) is 42.4 Å². The van der Waals surface area contributed by atoms with Crippen molar-refractivity contribution in [1.29, 1.82) is 0 Å². The first kappa shape index (κ1) is 22.9. The Bertz CT molecular complexity index is 1330. The van der Waals surface area contributed by atoms with E-state index in [1.807, 2.05) is 0 Å². The molecule has 0 saturated heterocycles. The van der Waals surface area contributed by atoms with Gasteiger partial charge in [-0.15, -0.1) is 0 Å². The summed E-state index contributed by atoms with van der Waals surface area (Å²) in [6.45, 7) is 0.330. The second-order valence-electron chi connectivity index (χ2n) is 6.95. The molecule has 0 radical (unpaired) electrons. The lowest BCUT2D eigenvalue weighted by Crippen LogP contribution is -2.20. The predicted molar refractivity (Wildman–Crippen MR) is 106 cm³/mol. The molecule has 2 heterocycles. The van der Waals surface area contributed by atoms with Crippen LogP contribution in [0.25, 0.3) is 6.08 Å². The largest absolute Gasteiger partial charge is 0.476 e. The van der Waals surface area contributed by atoms with E-state index in [4.69, 9.17) is 9.47 Å². The van der Waals surface area contributed by atoms with Gasteiger partial charge in [0.25, 0.3) is 0 Å². The molecule has 0 amide bonds. The van der Waals surface area contributed by atoms with Crippen molar-refractivity contribution in [2.24, 2.45) is 0 Å². The molecule has 0 spiro atoms. The van der Waals surface area contributed by atoms with Gasteiger partial charge in [-0.3, -0.25) is 9.78 Å². The van der Waals surface area contributed by atoms with Gasteiger partial charge in [-0.05, 0) is 42.8 Å². The van der Waals surface area contributed by atoms with Crippen LogP contribution >= 0.6 is 0 Å². The van der Waals surface area contributed by atoms with E-state index in [1.54, 1.807) is 12.1 Å². The Hall–Kier alpha value is -4.28. The second kappa shape index (κ2) is 8.93. The third kappa shape index (κ3) is 4.07. The number of Topliss-reactive ketones (excluding diaryl/α,β-unsaturated/α-hetero) is 1. The maximum absolute atomic E-state index is 13.7. The average molecular weight is 477 g/mol. The molecule has 0 saturated carbocycles. The molecule has 1 aliphatic rings. The van der Waals surface area contributed by atoms with Crippen molar-refractivity contribution < 1.29 is 45.8 Å². The number of benzene rings is 2. The van der Waals surface area contributed by atoms with Gasteiger partial charge in [-0.1, -0.05) is 0 Å². The minimum Gasteiger partial charge on any atom is -0.476 e. The number of esters is 1. The summed E-state index contributed by atoms with van der Waals surface area (Å²) in [6, 6.07) is 5.97. The number of carbonyl (C=O) groups excluding carboxylic acids is 2. The van der Waals surface area contributed by atoms with Gasteiger partial charge in [0, 0.05) is 18.0 Å². The summed E-state index contributed by atoms with van der Waals surface area (Å²) in [5.41, 5.74) is 1.14. The molecule has 0 bridgehead atoms. The number of nitrogens with zero attached hydrogens (tertiary/aromatic N) is 1. The van der Waals surface area contributed by atoms with Crippen LogP contribution in [0, 0.1) is 36.0 Å². The minimum absolute atomic E-state index is 0.0300. The smallest absolute Gasteiger partial charge is 0.349 e. The molecule has 174 valence electrons. The molecular weight excluding hydrogens is 465 g/mol. The van der Waals surface area contributed by atoms with Crippen LogP contribution in [-0.2, 0) is 4.79 Å². The summed E-state index contributed by atoms with van der Waals surface area (Å²) in [5.74, 6) is -14.3. The number of aromatic nitrogens is 1. The van der Waals surface area contributed by atoms with Crippen LogP contribution < -0.4 is 14.2 Å². The van der Waals surface area contributed by atoms with Crippen molar-refractivity contribution in [3.63, 3.8) is 0 Å². The van der Waals surface area contributed by atoms with E-state index >= 15 is 0 Å². The lowest BCUT2D eigenvalue weighted by atomic mass is 10.1. The van der Waals surface area contributed by atoms with Crippen LogP contribution in [0.5, 0.6) is 17.2 Å². The van der Waals surface area contributed by atoms with E-state index in [-0.39, 0.29) is 28.4 Å². The van der Waals surface area contributed by atoms with Gasteiger partial charge in [0.05, 0.1) is 5.56 Å². The maximum Gasteiger partial charge on any atom is 0.349 e. The number of allylic oxidation sites excluding steroid dienone is 1. The molecule has 1 aromatic heterocycles. The Labute approximate surface area is 188 Å². The maximum atomic E-state index is 13.7. The zero-order chi connectivity index (χ0) is 24.6. The second-order valence-corrected chi connectivity index (χ2v) is 6.95. The zero-order valence-electron chi connectivity index (χ0n) is 17.1. The molecule has 0 atom stereocenters. The monoisotopic (exact) mass is 477 g/mol. The summed E-state index contributed by atoms with van der Waals surface area (Å²) in [7, 11) is 0. The third-order valence-electron chi connectivity index (χ3n) is 4.77. The number of fused-ring (bicyclic) bond motifs is 1. The summed E-state index contributed by atoms with van der Waals surface area (Å²) in [6.07, 6.45) is 4.58. The lowest BCUT2D eigenvalue weighted by Gasteiger charge is -2.12. The Morgan fingerprint density at radius 3 is 2.24 bits per heavy atom. The molecule has 0 aliphatic carbocycles. The number of hydrogen-bond donors (Lipinski definition) is 0. The number of pyridine rings is 1. The fourth-order valence-electron chi connectivity index (χ4n) is 3.08. The molecule has 6 nitrogen and oxygen atoms in total. The van der Waals surface area contributed by atoms with Crippen LogP contribution in [0.4, 0.5) is 22.0 Å². The van der Waals surface area contributed by atoms with Gasteiger partial charge >= 0.3 is 5.97 Å². The fraction of sp³-hybridized carbons (Fsp3) is 0.0870. The van der Waals surface area contributed by atoms with Gasteiger partial charge < -0.3 is 14.2 Å². The van der Waals surface area contributed by atoms with Crippen molar-refractivity contribution >= 4 is 17.8 Å². The Morgan fingerprint density at radius 2 is 1.59 bits per heavy atom. The van der Waals surface area contributed by atoms with Crippen LogP contribution in [0.2, 0.25) is 0 Å². The first-order chi connectivity index (χ1) is 16.2. The first-order valence-electron chi connectivity index (χ1n) is 9.51. The first-order valence-corrected chi connectivity index (χ1v) is 9.51. The molecule has 0 unspecified atom stereocenters. The van der Waals surface area contributed by atoms with E-state index < -0.39 is 53.2 Å². The number of rotatable bonds is 5. The molecule has 0 N–H and O–H groups in total. The lowest BCUT2D eigenvalue weighted by molar-refractivity contribution is -0.136. The number of carbonyl (C=O) groups is 2. The highest BCUT2D eigenvalue weighted by Crippen LogP contribution is 2.39. The standard InChI is InChI=1S/C23H12F5NO5/c1-10-13(33-15(30)9-32-23-19(27)17(25)16(24)18(26)20(23)28)3-2-12-21(31)14(34-22(10)12)8-11-4-6-29-7-5-11/h2-8H,9H2,1H3/b14-8-. The van der Waals surface area contributed by atoms with Crippen LogP contribution in [-0.4, -0.2) is 23.3 Å². The molecule has 11 heteroatoms. The van der Waals surface area contributed by atoms with Crippen LogP contribution in [0.1, 0.15) is 21.5 Å². The molecule has 3 aromatic rings. The van der Waals surface area contributed by atoms with E-state index in [0.717, 1.165) is 0 Å². The normalized spacial score (nSPS) is 13.6. The van der Waals surface area contributed by atoms with E-state index in [1.165, 1.54) is 37.5 Å². The Balaban J connectivity index is 1.50. The minimum atomic E-state index is -2.36. The molecule has 34 heavy (non-hydrogen) atoms. The summed E-state index contributed by atoms with van der Waals surface area (Å²) >= 11 is 0. The number of hydrogen-bond acceptors (Lipinski definition) is 6. The van der Waals surface area contributed by atoms with Crippen molar-refractivity contribution in [2.75, 3.05) is 6.61 Å². The number of halogens is 5. The third-order valence-corrected chi connectivity index (χ3v) is 4.77. The summed E-state index contributed by atoms with van der Waals surface area (Å²) < 4.78 is 82.1. The van der Waals surface area contributed by atoms with Gasteiger partial charge in [0.1, 0.15) is 11.5 Å². The molecule has 1 aliphatic heterocycles. The van der Waals surface area contributed by atoms with E-state index in [9.17, 15) is 31.5 Å². The van der Waals surface area contributed by atoms with E-state index in [0.29, 0.717) is 5.56 Å². The van der Waals surface area contributed by atoms with E-state index in [2.05, 4.69) is 9.72 Å². The summed E-state index contributed by atoms with van der Waals surface area (Å²) in [4.78, 5) is 28.6. The number of ether oxygens (including phenoxy) is 3. The highest BCUT2D eigenvalue weighted by Gasteiger charge is 2.31. The predicted octanol–water partition coefficient (Wildman–Crippen LogP) is 4.69. The van der Waals surface area contributed by atoms with Crippen molar-refractivity contribution in [2.45, 2.75) is 6.92 Å². The van der Waals surface area contributed by atoms with Gasteiger partial charge in [-0.2, -0.15) is 8.78 Å². The highest BCUT2D eigenvalue weighted by molar-refractivity contribution is 6.15. The SMILES string of the molecule is Cc1c(OC(=O)COc2c(F)c(F)c(F)c(F)c2F)ccc2c1O/C(=C\c1ccncc1)C2=O. The van der Waals surface area contributed by atoms with Gasteiger partial charge in [0.2, 0.25) is 34.9 Å². The topological polar surface area (TPSA) is 74.7 Å². The summed E-state index contributed by atoms with van der Waals surface area (Å²) in [5, 5.41) is 0. The number of ketones is 1. The van der Waals surface area contributed by atoms with Crippen molar-refractivity contribution in [3.05, 3.63) is 88.2 Å². The molecule has 0 fully saturated rings. The molecular formula is C23H12F5NO5. The van der Waals surface area contributed by atoms with Crippen LogP contribution in [0.3, 0.4) is 0 Å². The van der Waals surface area contributed by atoms with Crippen molar-refractivity contribution in [1.82, 2.24) is 4.98 Å². The molecule has 4 rings (SSSR count). The highest BCUT2D eigenvalue weighted by atomic mass is 19.2. The van der Waals surface area contributed by atoms with Gasteiger partial charge in [0.15, 0.2) is 18.1 Å². The Kier molecular flexibility index (Phi) is 6.01. The Morgan fingerprint density at radius 1 is 0.971 bits per heavy atom. The average Bonchev–Trinajstić information content (AvgIpc) is 3.14. The molecule has 2 aromatic carbocycles. The zero-order valence-corrected chi connectivity index (χ0v) is 17.1. The quantitative estimate of drug-likeness (QED) is 0.133.